The van der Waals surface area contributed by atoms with Crippen LogP contribution in [0.3, 0.4) is 0 Å². The summed E-state index contributed by atoms with van der Waals surface area (Å²) in [5.74, 6) is 0. The molecule has 0 heterocycles. The Morgan fingerprint density at radius 1 is 1.30 bits per heavy atom. The van der Waals surface area contributed by atoms with Crippen LogP contribution in [0.1, 0.15) is 39.5 Å². The van der Waals surface area contributed by atoms with Crippen molar-refractivity contribution in [2.24, 2.45) is 5.73 Å². The van der Waals surface area contributed by atoms with Gasteiger partial charge in [-0.05, 0) is 32.2 Å². The van der Waals surface area contributed by atoms with Crippen LogP contribution in [0.2, 0.25) is 0 Å². The maximum absolute atomic E-state index is 9.70. The molecule has 0 aliphatic carbocycles. The third-order valence-corrected chi connectivity index (χ3v) is 2.16. The van der Waals surface area contributed by atoms with Crippen LogP contribution in [0.4, 0.5) is 0 Å². The highest BCUT2D eigenvalue weighted by atomic mass is 16.3. The van der Waals surface area contributed by atoms with E-state index in [9.17, 15) is 5.11 Å². The second kappa shape index (κ2) is 4.69. The first-order valence-electron chi connectivity index (χ1n) is 4.11. The maximum atomic E-state index is 9.70. The number of hydrogen-bond donors (Lipinski definition) is 2. The molecule has 0 aliphatic heterocycles. The summed E-state index contributed by atoms with van der Waals surface area (Å²) in [5, 5.41) is 9.70. The number of aliphatic hydroxyl groups is 1. The summed E-state index contributed by atoms with van der Waals surface area (Å²) in [5.41, 5.74) is 4.89. The Balaban J connectivity index is 3.58. The third kappa shape index (κ3) is 3.18. The zero-order valence-electron chi connectivity index (χ0n) is 7.06. The van der Waals surface area contributed by atoms with Crippen LogP contribution in [0.25, 0.3) is 0 Å². The highest BCUT2D eigenvalue weighted by Crippen LogP contribution is 2.20. The molecule has 0 aromatic rings. The zero-order valence-corrected chi connectivity index (χ0v) is 7.06. The van der Waals surface area contributed by atoms with Gasteiger partial charge in [0.15, 0.2) is 0 Å². The molecule has 0 bridgehead atoms. The number of nitrogens with two attached hydrogens (primary N) is 1. The van der Waals surface area contributed by atoms with Crippen LogP contribution < -0.4 is 5.73 Å². The van der Waals surface area contributed by atoms with Crippen molar-refractivity contribution in [1.29, 1.82) is 0 Å². The first-order valence-corrected chi connectivity index (χ1v) is 4.11. The molecule has 0 aliphatic rings. The fraction of sp³-hybridized carbons (Fsp3) is 1.00. The predicted octanol–water partition coefficient (Wildman–Crippen LogP) is 1.28. The van der Waals surface area contributed by atoms with Gasteiger partial charge < -0.3 is 10.8 Å². The van der Waals surface area contributed by atoms with Crippen LogP contribution in [0.5, 0.6) is 0 Å². The summed E-state index contributed by atoms with van der Waals surface area (Å²) < 4.78 is 0. The Hall–Kier alpha value is -0.0800. The lowest BCUT2D eigenvalue weighted by molar-refractivity contribution is 0.0223. The van der Waals surface area contributed by atoms with Crippen molar-refractivity contribution in [2.75, 3.05) is 6.54 Å². The van der Waals surface area contributed by atoms with Gasteiger partial charge in [-0.25, -0.2) is 0 Å². The summed E-state index contributed by atoms with van der Waals surface area (Å²) in [6.07, 6.45) is 3.45. The van der Waals surface area contributed by atoms with E-state index >= 15 is 0 Å². The Bertz CT molecular complexity index is 79.3. The molecule has 0 radical (unpaired) electrons. The minimum atomic E-state index is -0.445. The van der Waals surface area contributed by atoms with E-state index in [0.717, 1.165) is 25.7 Å². The molecule has 0 amide bonds. The second-order valence-corrected chi connectivity index (χ2v) is 2.82. The fourth-order valence-corrected chi connectivity index (χ4v) is 1.03. The van der Waals surface area contributed by atoms with Gasteiger partial charge in [0.2, 0.25) is 0 Å². The van der Waals surface area contributed by atoms with Gasteiger partial charge in [0.1, 0.15) is 0 Å². The lowest BCUT2D eigenvalue weighted by atomic mass is 9.92. The Kier molecular flexibility index (Phi) is 4.65. The SMILES string of the molecule is CCC(O)(CC)CCCN. The van der Waals surface area contributed by atoms with Crippen LogP contribution in [-0.4, -0.2) is 17.3 Å². The van der Waals surface area contributed by atoms with E-state index in [1.807, 2.05) is 13.8 Å². The molecule has 0 aromatic carbocycles. The van der Waals surface area contributed by atoms with Gasteiger partial charge in [-0.15, -0.1) is 0 Å². The van der Waals surface area contributed by atoms with E-state index in [1.165, 1.54) is 0 Å². The molecule has 2 heteroatoms. The van der Waals surface area contributed by atoms with E-state index in [4.69, 9.17) is 5.73 Å². The summed E-state index contributed by atoms with van der Waals surface area (Å²) in [7, 11) is 0. The monoisotopic (exact) mass is 145 g/mol. The molecular formula is C8H19NO. The highest BCUT2D eigenvalue weighted by molar-refractivity contribution is 4.74. The van der Waals surface area contributed by atoms with Crippen molar-refractivity contribution in [3.05, 3.63) is 0 Å². The molecular weight excluding hydrogens is 126 g/mol. The van der Waals surface area contributed by atoms with Crippen molar-refractivity contribution in [1.82, 2.24) is 0 Å². The molecule has 2 nitrogen and oxygen atoms in total. The Morgan fingerprint density at radius 3 is 2.10 bits per heavy atom. The first kappa shape index (κ1) is 9.92. The van der Waals surface area contributed by atoms with E-state index in [-0.39, 0.29) is 0 Å². The van der Waals surface area contributed by atoms with Gasteiger partial charge in [-0.3, -0.25) is 0 Å². The maximum Gasteiger partial charge on any atom is 0.0643 e. The lowest BCUT2D eigenvalue weighted by Gasteiger charge is -2.24. The third-order valence-electron chi connectivity index (χ3n) is 2.16. The van der Waals surface area contributed by atoms with Crippen molar-refractivity contribution < 1.29 is 5.11 Å². The van der Waals surface area contributed by atoms with E-state index < -0.39 is 5.60 Å². The summed E-state index contributed by atoms with van der Waals surface area (Å²) in [6, 6.07) is 0. The molecule has 0 atom stereocenters. The first-order chi connectivity index (χ1) is 4.68. The molecule has 0 saturated heterocycles. The topological polar surface area (TPSA) is 46.2 Å². The largest absolute Gasteiger partial charge is 0.390 e. The van der Waals surface area contributed by atoms with Crippen LogP contribution in [0.15, 0.2) is 0 Å². The number of hydrogen-bond acceptors (Lipinski definition) is 2. The molecule has 0 spiro atoms. The van der Waals surface area contributed by atoms with Crippen LogP contribution >= 0.6 is 0 Å². The second-order valence-electron chi connectivity index (χ2n) is 2.82. The molecule has 0 saturated carbocycles. The van der Waals surface area contributed by atoms with Gasteiger partial charge in [0.25, 0.3) is 0 Å². The normalized spacial score (nSPS) is 12.0. The molecule has 62 valence electrons. The molecule has 3 N–H and O–H groups in total. The molecule has 10 heavy (non-hydrogen) atoms. The van der Waals surface area contributed by atoms with Crippen LogP contribution in [-0.2, 0) is 0 Å². The standard InChI is InChI=1S/C8H19NO/c1-3-8(10,4-2)6-5-7-9/h10H,3-7,9H2,1-2H3. The van der Waals surface area contributed by atoms with Gasteiger partial charge in [0.05, 0.1) is 5.60 Å². The molecule has 0 fully saturated rings. The minimum Gasteiger partial charge on any atom is -0.390 e. The van der Waals surface area contributed by atoms with Gasteiger partial charge in [-0.2, -0.15) is 0 Å². The number of rotatable bonds is 5. The van der Waals surface area contributed by atoms with E-state index in [2.05, 4.69) is 0 Å². The van der Waals surface area contributed by atoms with Gasteiger partial charge in [0, 0.05) is 0 Å². The average molecular weight is 145 g/mol. The zero-order chi connectivity index (χ0) is 8.04. The summed E-state index contributed by atoms with van der Waals surface area (Å²) in [6.45, 7) is 4.71. The smallest absolute Gasteiger partial charge is 0.0643 e. The van der Waals surface area contributed by atoms with Crippen molar-refractivity contribution >= 4 is 0 Å². The van der Waals surface area contributed by atoms with Crippen molar-refractivity contribution in [3.63, 3.8) is 0 Å². The Labute approximate surface area is 63.4 Å². The van der Waals surface area contributed by atoms with Gasteiger partial charge >= 0.3 is 0 Å². The quantitative estimate of drug-likeness (QED) is 0.612. The Morgan fingerprint density at radius 2 is 1.80 bits per heavy atom. The van der Waals surface area contributed by atoms with E-state index in [0.29, 0.717) is 6.54 Å². The van der Waals surface area contributed by atoms with Crippen molar-refractivity contribution in [2.45, 2.75) is 45.1 Å². The molecule has 0 rings (SSSR count). The summed E-state index contributed by atoms with van der Waals surface area (Å²) in [4.78, 5) is 0. The predicted molar refractivity (Wildman–Crippen MR) is 43.8 cm³/mol. The van der Waals surface area contributed by atoms with Crippen molar-refractivity contribution in [3.8, 4) is 0 Å². The van der Waals surface area contributed by atoms with Gasteiger partial charge in [-0.1, -0.05) is 13.8 Å². The lowest BCUT2D eigenvalue weighted by Crippen LogP contribution is -2.27. The summed E-state index contributed by atoms with van der Waals surface area (Å²) >= 11 is 0. The molecule has 0 aromatic heterocycles. The van der Waals surface area contributed by atoms with E-state index in [1.54, 1.807) is 0 Å². The average Bonchev–Trinajstić information content (AvgIpc) is 2.00. The highest BCUT2D eigenvalue weighted by Gasteiger charge is 2.20. The minimum absolute atomic E-state index is 0.445. The fourth-order valence-electron chi connectivity index (χ4n) is 1.03. The van der Waals surface area contributed by atoms with Crippen LogP contribution in [0, 0.1) is 0 Å². The molecule has 0 unspecified atom stereocenters.